The lowest BCUT2D eigenvalue weighted by Crippen LogP contribution is -2.48. The van der Waals surface area contributed by atoms with E-state index in [1.807, 2.05) is 0 Å². The van der Waals surface area contributed by atoms with Gasteiger partial charge in [0.15, 0.2) is 0 Å². The van der Waals surface area contributed by atoms with E-state index < -0.39 is 30.3 Å². The van der Waals surface area contributed by atoms with E-state index >= 15 is 0 Å². The van der Waals surface area contributed by atoms with Crippen molar-refractivity contribution in [2.75, 3.05) is 13.1 Å². The molecule has 0 bridgehead atoms. The highest BCUT2D eigenvalue weighted by Gasteiger charge is 2.34. The fourth-order valence-corrected chi connectivity index (χ4v) is 1.99. The van der Waals surface area contributed by atoms with E-state index in [1.165, 1.54) is 17.4 Å². The summed E-state index contributed by atoms with van der Waals surface area (Å²) in [5.41, 5.74) is 0.583. The molecule has 1 fully saturated rings. The molecule has 20 heavy (non-hydrogen) atoms. The average Bonchev–Trinajstić information content (AvgIpc) is 2.99. The Hall–Kier alpha value is -2.13. The summed E-state index contributed by atoms with van der Waals surface area (Å²) in [6.07, 6.45) is 0.961. The molecule has 2 amide bonds. The van der Waals surface area contributed by atoms with Crippen molar-refractivity contribution in [1.82, 2.24) is 20.2 Å². The summed E-state index contributed by atoms with van der Waals surface area (Å²) in [4.78, 5) is 30.7. The number of aliphatic hydroxyl groups is 2. The second-order valence-corrected chi connectivity index (χ2v) is 4.66. The lowest BCUT2D eigenvalue weighted by Gasteiger charge is -2.20. The number of aromatic amines is 1. The number of rotatable bonds is 4. The third-order valence-corrected chi connectivity index (χ3v) is 3.12. The SMILES string of the molecule is O=C(O)C(Cc1cnc[nH]1)NC(=O)N1CC(O)C(O)C1. The second kappa shape index (κ2) is 5.88. The minimum Gasteiger partial charge on any atom is -0.480 e. The summed E-state index contributed by atoms with van der Waals surface area (Å²) in [5.74, 6) is -1.17. The van der Waals surface area contributed by atoms with Gasteiger partial charge in [-0.05, 0) is 0 Å². The molecule has 5 N–H and O–H groups in total. The maximum absolute atomic E-state index is 11.9. The lowest BCUT2D eigenvalue weighted by atomic mass is 10.1. The van der Waals surface area contributed by atoms with Crippen molar-refractivity contribution in [3.63, 3.8) is 0 Å². The number of β-amino-alcohol motifs (C(OH)–C–C–N with tert-alkyl or cyclic N) is 2. The molecule has 110 valence electrons. The first-order chi connectivity index (χ1) is 9.47. The third-order valence-electron chi connectivity index (χ3n) is 3.12. The third kappa shape index (κ3) is 3.25. The number of carbonyl (C=O) groups is 2. The van der Waals surface area contributed by atoms with Gasteiger partial charge < -0.3 is 30.5 Å². The molecular weight excluding hydrogens is 268 g/mol. The molecule has 1 aliphatic rings. The van der Waals surface area contributed by atoms with E-state index in [0.717, 1.165) is 0 Å². The average molecular weight is 284 g/mol. The maximum Gasteiger partial charge on any atom is 0.326 e. The van der Waals surface area contributed by atoms with Crippen LogP contribution >= 0.6 is 0 Å². The van der Waals surface area contributed by atoms with Crippen LogP contribution in [-0.4, -0.2) is 73.5 Å². The van der Waals surface area contributed by atoms with Crippen LogP contribution in [-0.2, 0) is 11.2 Å². The summed E-state index contributed by atoms with van der Waals surface area (Å²) in [7, 11) is 0. The van der Waals surface area contributed by atoms with Crippen LogP contribution < -0.4 is 5.32 Å². The largest absolute Gasteiger partial charge is 0.480 e. The number of aliphatic carboxylic acids is 1. The van der Waals surface area contributed by atoms with E-state index in [1.54, 1.807) is 0 Å². The van der Waals surface area contributed by atoms with Crippen molar-refractivity contribution in [3.8, 4) is 0 Å². The number of H-pyrrole nitrogens is 1. The number of urea groups is 1. The van der Waals surface area contributed by atoms with Crippen LogP contribution in [0.3, 0.4) is 0 Å². The molecule has 3 unspecified atom stereocenters. The van der Waals surface area contributed by atoms with E-state index in [-0.39, 0.29) is 19.5 Å². The Morgan fingerprint density at radius 3 is 2.60 bits per heavy atom. The summed E-state index contributed by atoms with van der Waals surface area (Å²) in [6.45, 7) is -0.0488. The maximum atomic E-state index is 11.9. The fourth-order valence-electron chi connectivity index (χ4n) is 1.99. The molecule has 1 aromatic heterocycles. The van der Waals surface area contributed by atoms with Gasteiger partial charge in [0.05, 0.1) is 31.6 Å². The van der Waals surface area contributed by atoms with Gasteiger partial charge in [0, 0.05) is 18.3 Å². The number of nitrogens with zero attached hydrogens (tertiary/aromatic N) is 2. The smallest absolute Gasteiger partial charge is 0.326 e. The molecule has 0 saturated carbocycles. The number of hydrogen-bond donors (Lipinski definition) is 5. The Bertz CT molecular complexity index is 467. The van der Waals surface area contributed by atoms with E-state index in [4.69, 9.17) is 5.11 Å². The Morgan fingerprint density at radius 2 is 2.10 bits per heavy atom. The molecule has 2 heterocycles. The molecular formula is C11H16N4O5. The number of aliphatic hydroxyl groups excluding tert-OH is 2. The zero-order valence-corrected chi connectivity index (χ0v) is 10.6. The van der Waals surface area contributed by atoms with Gasteiger partial charge in [-0.15, -0.1) is 0 Å². The van der Waals surface area contributed by atoms with Crippen LogP contribution in [0.2, 0.25) is 0 Å². The number of hydrogen-bond acceptors (Lipinski definition) is 5. The van der Waals surface area contributed by atoms with Crippen LogP contribution in [0.25, 0.3) is 0 Å². The normalized spacial score (nSPS) is 23.6. The standard InChI is InChI=1S/C11H16N4O5/c16-8-3-15(4-9(8)17)11(20)14-7(10(18)19)1-6-2-12-5-13-6/h2,5,7-9,16-17H,1,3-4H2,(H,12,13)(H,14,20)(H,18,19). The van der Waals surface area contributed by atoms with Crippen LogP contribution in [0.1, 0.15) is 5.69 Å². The van der Waals surface area contributed by atoms with Crippen LogP contribution in [0.4, 0.5) is 4.79 Å². The summed E-state index contributed by atoms with van der Waals surface area (Å²) in [6, 6.07) is -1.75. The Morgan fingerprint density at radius 1 is 1.45 bits per heavy atom. The Labute approximate surface area is 114 Å². The van der Waals surface area contributed by atoms with Crippen molar-refractivity contribution in [1.29, 1.82) is 0 Å². The molecule has 1 aromatic rings. The van der Waals surface area contributed by atoms with Crippen molar-refractivity contribution in [2.45, 2.75) is 24.7 Å². The number of carboxylic acid groups (broad SMARTS) is 1. The highest BCUT2D eigenvalue weighted by Crippen LogP contribution is 2.10. The Balaban J connectivity index is 1.94. The molecule has 0 aliphatic carbocycles. The first-order valence-electron chi connectivity index (χ1n) is 6.09. The number of imidazole rings is 1. The zero-order chi connectivity index (χ0) is 14.7. The van der Waals surface area contributed by atoms with E-state index in [2.05, 4.69) is 15.3 Å². The number of nitrogens with one attached hydrogen (secondary N) is 2. The van der Waals surface area contributed by atoms with Gasteiger partial charge in [0.25, 0.3) is 0 Å². The first-order valence-corrected chi connectivity index (χ1v) is 6.09. The molecule has 1 saturated heterocycles. The Kier molecular flexibility index (Phi) is 4.20. The fraction of sp³-hybridized carbons (Fsp3) is 0.545. The van der Waals surface area contributed by atoms with Gasteiger partial charge in [-0.25, -0.2) is 14.6 Å². The van der Waals surface area contributed by atoms with Crippen molar-refractivity contribution in [2.24, 2.45) is 0 Å². The summed E-state index contributed by atoms with van der Waals surface area (Å²) >= 11 is 0. The van der Waals surface area contributed by atoms with Gasteiger partial charge in [-0.2, -0.15) is 0 Å². The second-order valence-electron chi connectivity index (χ2n) is 4.66. The highest BCUT2D eigenvalue weighted by atomic mass is 16.4. The van der Waals surface area contributed by atoms with Crippen molar-refractivity contribution in [3.05, 3.63) is 18.2 Å². The van der Waals surface area contributed by atoms with Gasteiger partial charge in [-0.3, -0.25) is 0 Å². The van der Waals surface area contributed by atoms with E-state index in [9.17, 15) is 19.8 Å². The zero-order valence-electron chi connectivity index (χ0n) is 10.6. The highest BCUT2D eigenvalue weighted by molar-refractivity contribution is 5.83. The first kappa shape index (κ1) is 14.3. The monoisotopic (exact) mass is 284 g/mol. The summed E-state index contributed by atoms with van der Waals surface area (Å²) in [5, 5.41) is 30.2. The van der Waals surface area contributed by atoms with Crippen LogP contribution in [0.5, 0.6) is 0 Å². The molecule has 9 nitrogen and oxygen atoms in total. The quantitative estimate of drug-likeness (QED) is 0.440. The molecule has 9 heteroatoms. The molecule has 0 radical (unpaired) electrons. The predicted molar refractivity (Wildman–Crippen MR) is 65.8 cm³/mol. The van der Waals surface area contributed by atoms with Gasteiger partial charge in [0.1, 0.15) is 6.04 Å². The van der Waals surface area contributed by atoms with Crippen molar-refractivity contribution >= 4 is 12.0 Å². The minimum atomic E-state index is -1.17. The number of likely N-dealkylation sites (tertiary alicyclic amines) is 1. The number of aromatic nitrogens is 2. The number of carbonyl (C=O) groups excluding carboxylic acids is 1. The predicted octanol–water partition coefficient (Wildman–Crippen LogP) is -1.85. The van der Waals surface area contributed by atoms with Crippen molar-refractivity contribution < 1.29 is 24.9 Å². The molecule has 0 aromatic carbocycles. The number of amides is 2. The molecule has 3 atom stereocenters. The van der Waals surface area contributed by atoms with Gasteiger partial charge in [0.2, 0.25) is 0 Å². The molecule has 0 spiro atoms. The topological polar surface area (TPSA) is 139 Å². The summed E-state index contributed by atoms with van der Waals surface area (Å²) < 4.78 is 0. The van der Waals surface area contributed by atoms with E-state index in [0.29, 0.717) is 5.69 Å². The van der Waals surface area contributed by atoms with Gasteiger partial charge >= 0.3 is 12.0 Å². The molecule has 2 rings (SSSR count). The molecule has 1 aliphatic heterocycles. The van der Waals surface area contributed by atoms with Crippen LogP contribution in [0.15, 0.2) is 12.5 Å². The lowest BCUT2D eigenvalue weighted by molar-refractivity contribution is -0.139. The number of carboxylic acids is 1. The van der Waals surface area contributed by atoms with Gasteiger partial charge in [-0.1, -0.05) is 0 Å². The van der Waals surface area contributed by atoms with Crippen LogP contribution in [0, 0.1) is 0 Å². The minimum absolute atomic E-state index is 0.0244.